The molecule has 4 atom stereocenters. The smallest absolute Gasteiger partial charge is 0.0763 e. The molecule has 2 N–H and O–H groups in total. The lowest BCUT2D eigenvalue weighted by Crippen LogP contribution is -2.23. The molecule has 0 aromatic heterocycles. The van der Waals surface area contributed by atoms with E-state index >= 15 is 0 Å². The molecule has 254 valence electrons. The van der Waals surface area contributed by atoms with Crippen molar-refractivity contribution in [3.8, 4) is 0 Å². The highest BCUT2D eigenvalue weighted by atomic mass is 15.0. The first kappa shape index (κ1) is 33.7. The zero-order chi connectivity index (χ0) is 35.4. The van der Waals surface area contributed by atoms with Gasteiger partial charge in [-0.2, -0.15) is 0 Å². The second kappa shape index (κ2) is 13.1. The van der Waals surface area contributed by atoms with Gasteiger partial charge in [-0.3, -0.25) is 0 Å². The largest absolute Gasteiger partial charge is 0.376 e. The molecule has 0 spiro atoms. The van der Waals surface area contributed by atoms with Gasteiger partial charge >= 0.3 is 0 Å². The highest BCUT2D eigenvalue weighted by Gasteiger charge is 2.36. The van der Waals surface area contributed by atoms with E-state index in [0.29, 0.717) is 0 Å². The van der Waals surface area contributed by atoms with Crippen molar-refractivity contribution in [2.75, 3.05) is 10.6 Å². The van der Waals surface area contributed by atoms with Crippen LogP contribution < -0.4 is 10.6 Å². The van der Waals surface area contributed by atoms with E-state index in [-0.39, 0.29) is 23.9 Å². The van der Waals surface area contributed by atoms with Crippen LogP contribution in [0.3, 0.4) is 0 Å². The minimum Gasteiger partial charge on any atom is -0.376 e. The Morgan fingerprint density at radius 2 is 0.820 bits per heavy atom. The summed E-state index contributed by atoms with van der Waals surface area (Å²) in [5, 5.41) is 11.0. The maximum absolute atomic E-state index is 4.17. The monoisotopic (exact) mass is 656 g/mol. The molecule has 0 radical (unpaired) electrons. The minimum absolute atomic E-state index is 0.0391. The number of anilines is 2. The van der Waals surface area contributed by atoms with Gasteiger partial charge in [0.15, 0.2) is 0 Å². The van der Waals surface area contributed by atoms with Crippen molar-refractivity contribution < 1.29 is 0 Å². The highest BCUT2D eigenvalue weighted by Crippen LogP contribution is 2.49. The first-order valence-corrected chi connectivity index (χ1v) is 18.3. The van der Waals surface area contributed by atoms with Crippen LogP contribution in [0.2, 0.25) is 0 Å². The number of hydrogen-bond donors (Lipinski definition) is 2. The Morgan fingerprint density at radius 1 is 0.440 bits per heavy atom. The number of hydrogen-bond acceptors (Lipinski definition) is 2. The summed E-state index contributed by atoms with van der Waals surface area (Å²) >= 11 is 0. The molecule has 0 bridgehead atoms. The van der Waals surface area contributed by atoms with Crippen LogP contribution in [0.5, 0.6) is 0 Å². The van der Waals surface area contributed by atoms with Gasteiger partial charge in [-0.15, -0.1) is 0 Å². The fraction of sp³-hybridized carbons (Fsp3) is 0.292. The van der Waals surface area contributed by atoms with E-state index < -0.39 is 0 Å². The fourth-order valence-corrected chi connectivity index (χ4v) is 9.34. The molecule has 2 unspecified atom stereocenters. The van der Waals surface area contributed by atoms with Gasteiger partial charge in [-0.1, -0.05) is 121 Å². The summed E-state index contributed by atoms with van der Waals surface area (Å²) in [7, 11) is 0. The number of rotatable bonds is 8. The van der Waals surface area contributed by atoms with Crippen molar-refractivity contribution in [3.05, 3.63) is 175 Å². The van der Waals surface area contributed by atoms with Crippen molar-refractivity contribution in [1.82, 2.24) is 0 Å². The van der Waals surface area contributed by atoms with Crippen LogP contribution >= 0.6 is 0 Å². The molecule has 2 heteroatoms. The van der Waals surface area contributed by atoms with Crippen LogP contribution in [0.25, 0.3) is 10.8 Å². The summed E-state index contributed by atoms with van der Waals surface area (Å²) in [5.74, 6) is 0.490. The lowest BCUT2D eigenvalue weighted by atomic mass is 9.84. The molecule has 1 aliphatic rings. The normalized spacial score (nSPS) is 16.4. The van der Waals surface area contributed by atoms with Crippen molar-refractivity contribution in [2.24, 2.45) is 0 Å². The Bertz CT molecular complexity index is 2050. The lowest BCUT2D eigenvalue weighted by molar-refractivity contribution is 0.677. The summed E-state index contributed by atoms with van der Waals surface area (Å²) in [6.07, 6.45) is 0. The Hall–Kier alpha value is -4.82. The quantitative estimate of drug-likeness (QED) is 0.170. The van der Waals surface area contributed by atoms with Crippen molar-refractivity contribution in [2.45, 2.75) is 93.2 Å². The molecule has 0 saturated carbocycles. The molecule has 0 amide bonds. The van der Waals surface area contributed by atoms with Gasteiger partial charge < -0.3 is 10.6 Å². The molecule has 2 nitrogen and oxygen atoms in total. The molecule has 6 aromatic rings. The zero-order valence-corrected chi connectivity index (χ0v) is 31.5. The molecule has 0 aliphatic heterocycles. The molecule has 50 heavy (non-hydrogen) atoms. The van der Waals surface area contributed by atoms with E-state index in [1.165, 1.54) is 100 Å². The van der Waals surface area contributed by atoms with Gasteiger partial charge in [0.05, 0.1) is 12.1 Å². The summed E-state index contributed by atoms with van der Waals surface area (Å²) < 4.78 is 0. The molecular weight excluding hydrogens is 605 g/mol. The molecule has 1 aliphatic carbocycles. The van der Waals surface area contributed by atoms with E-state index in [4.69, 9.17) is 0 Å². The van der Waals surface area contributed by atoms with Crippen LogP contribution in [0.1, 0.15) is 116 Å². The van der Waals surface area contributed by atoms with Gasteiger partial charge in [0.25, 0.3) is 0 Å². The highest BCUT2D eigenvalue weighted by molar-refractivity contribution is 5.93. The SMILES string of the molecule is Cc1cc(C)c([C@H](C)c2cc(C)ccc2NC2c3cccc4cccc(c34)C2Nc2ccc(C)cc2[C@@H](C)c2c(C)cc(C)cc2C)c(C)c1. The van der Waals surface area contributed by atoms with Crippen molar-refractivity contribution in [3.63, 3.8) is 0 Å². The lowest BCUT2D eigenvalue weighted by Gasteiger charge is -2.30. The Kier molecular flexibility index (Phi) is 8.85. The molecule has 0 fully saturated rings. The second-order valence-corrected chi connectivity index (χ2v) is 15.3. The molecule has 0 heterocycles. The topological polar surface area (TPSA) is 24.1 Å². The summed E-state index contributed by atoms with van der Waals surface area (Å²) in [5.41, 5.74) is 21.3. The predicted octanol–water partition coefficient (Wildman–Crippen LogP) is 12.9. The van der Waals surface area contributed by atoms with Crippen LogP contribution in [0.15, 0.2) is 97.1 Å². The van der Waals surface area contributed by atoms with Crippen LogP contribution in [0, 0.1) is 55.4 Å². The summed E-state index contributed by atoms with van der Waals surface area (Å²) in [6.45, 7) is 22.6. The fourth-order valence-electron chi connectivity index (χ4n) is 9.34. The Balaban J connectivity index is 1.33. The molecule has 7 rings (SSSR count). The van der Waals surface area contributed by atoms with Gasteiger partial charge in [-0.25, -0.2) is 0 Å². The number of nitrogens with one attached hydrogen (secondary N) is 2. The predicted molar refractivity (Wildman–Crippen MR) is 215 cm³/mol. The van der Waals surface area contributed by atoms with Gasteiger partial charge in [-0.05, 0) is 134 Å². The van der Waals surface area contributed by atoms with E-state index in [0.717, 1.165) is 0 Å². The van der Waals surface area contributed by atoms with E-state index in [9.17, 15) is 0 Å². The van der Waals surface area contributed by atoms with Gasteiger partial charge in [0, 0.05) is 23.2 Å². The summed E-state index contributed by atoms with van der Waals surface area (Å²) in [4.78, 5) is 0. The van der Waals surface area contributed by atoms with Crippen molar-refractivity contribution >= 4 is 22.1 Å². The standard InChI is InChI=1S/C48H52N2/c1-27-17-19-42(40(25-27)35(9)44-31(5)21-29(3)22-32(44)6)49-47-38-15-11-13-37-14-12-16-39(46(37)38)48(47)50-43-20-18-28(2)26-41(43)36(10)45-33(7)23-30(4)24-34(45)8/h11-26,35-36,47-50H,1-10H3/t35-,36-,47?,48?/m1/s1. The van der Waals surface area contributed by atoms with Gasteiger partial charge in [0.1, 0.15) is 0 Å². The average Bonchev–Trinajstić information content (AvgIpc) is 3.34. The third-order valence-electron chi connectivity index (χ3n) is 11.3. The molecular formula is C48H52N2. The molecule has 6 aromatic carbocycles. The average molecular weight is 657 g/mol. The number of aryl methyl sites for hydroxylation is 8. The summed E-state index contributed by atoms with van der Waals surface area (Å²) in [6, 6.07) is 36.9. The van der Waals surface area contributed by atoms with Gasteiger partial charge in [0.2, 0.25) is 0 Å². The van der Waals surface area contributed by atoms with E-state index in [1.807, 2.05) is 0 Å². The first-order chi connectivity index (χ1) is 23.9. The van der Waals surface area contributed by atoms with E-state index in [1.54, 1.807) is 0 Å². The minimum atomic E-state index is 0.0391. The maximum atomic E-state index is 4.17. The molecule has 0 saturated heterocycles. The third-order valence-corrected chi connectivity index (χ3v) is 11.3. The Labute approximate surface area is 300 Å². The number of benzene rings is 6. The van der Waals surface area contributed by atoms with Crippen molar-refractivity contribution in [1.29, 1.82) is 0 Å². The second-order valence-electron chi connectivity index (χ2n) is 15.3. The first-order valence-electron chi connectivity index (χ1n) is 18.3. The van der Waals surface area contributed by atoms with Crippen LogP contribution in [-0.2, 0) is 0 Å². The van der Waals surface area contributed by atoms with Crippen LogP contribution in [0.4, 0.5) is 11.4 Å². The third kappa shape index (κ3) is 6.00. The maximum Gasteiger partial charge on any atom is 0.0763 e. The van der Waals surface area contributed by atoms with Crippen LogP contribution in [-0.4, -0.2) is 0 Å². The Morgan fingerprint density at radius 3 is 1.20 bits per heavy atom. The zero-order valence-electron chi connectivity index (χ0n) is 31.5. The van der Waals surface area contributed by atoms with E-state index in [2.05, 4.69) is 177 Å².